The Bertz CT molecular complexity index is 1200. The minimum absolute atomic E-state index is 0.883. The summed E-state index contributed by atoms with van der Waals surface area (Å²) in [6.45, 7) is 2.12. The van der Waals surface area contributed by atoms with Gasteiger partial charge in [-0.15, -0.1) is 0 Å². The number of pyridine rings is 2. The summed E-state index contributed by atoms with van der Waals surface area (Å²) in [5.74, 6) is 1.10. The predicted octanol–water partition coefficient (Wildman–Crippen LogP) is 4.57. The van der Waals surface area contributed by atoms with Gasteiger partial charge in [0.2, 0.25) is 0 Å². The van der Waals surface area contributed by atoms with E-state index in [1.165, 1.54) is 22.3 Å². The fourth-order valence-electron chi connectivity index (χ4n) is 4.05. The first-order valence-electron chi connectivity index (χ1n) is 9.55. The highest BCUT2D eigenvalue weighted by Gasteiger charge is 2.14. The first-order chi connectivity index (χ1) is 13.2. The van der Waals surface area contributed by atoms with Crippen LogP contribution in [0.2, 0.25) is 0 Å². The zero-order chi connectivity index (χ0) is 18.4. The Balaban J connectivity index is 1.50. The lowest BCUT2D eigenvalue weighted by atomic mass is 10.0. The first kappa shape index (κ1) is 16.2. The van der Waals surface area contributed by atoms with E-state index < -0.39 is 0 Å². The van der Waals surface area contributed by atoms with Gasteiger partial charge < -0.3 is 4.57 Å². The molecule has 0 spiro atoms. The summed E-state index contributed by atoms with van der Waals surface area (Å²) in [7, 11) is 2.11. The summed E-state index contributed by atoms with van der Waals surface area (Å²) < 4.78 is 2.22. The van der Waals surface area contributed by atoms with Crippen LogP contribution in [-0.4, -0.2) is 19.5 Å². The number of imidazole rings is 1. The Hall–Kier alpha value is -3.01. The Kier molecular flexibility index (Phi) is 3.78. The number of benzene rings is 1. The van der Waals surface area contributed by atoms with Gasteiger partial charge in [-0.3, -0.25) is 9.97 Å². The molecule has 0 aliphatic heterocycles. The highest BCUT2D eigenvalue weighted by molar-refractivity contribution is 6.04. The number of nitrogens with zero attached hydrogens (tertiary/aromatic N) is 4. The molecule has 4 nitrogen and oxygen atoms in total. The average Bonchev–Trinajstić information content (AvgIpc) is 3.02. The lowest BCUT2D eigenvalue weighted by Crippen LogP contribution is -2.05. The smallest absolute Gasteiger partial charge is 0.110 e. The molecule has 1 aromatic carbocycles. The molecular formula is C23H22N4. The first-order valence-corrected chi connectivity index (χ1v) is 9.55. The molecule has 0 saturated heterocycles. The molecule has 0 bridgehead atoms. The van der Waals surface area contributed by atoms with Crippen LogP contribution in [0.1, 0.15) is 34.8 Å². The normalized spacial score (nSPS) is 13.4. The molecule has 4 heteroatoms. The van der Waals surface area contributed by atoms with Gasteiger partial charge in [-0.2, -0.15) is 0 Å². The van der Waals surface area contributed by atoms with Crippen molar-refractivity contribution in [2.45, 2.75) is 32.6 Å². The van der Waals surface area contributed by atoms with Gasteiger partial charge in [-0.25, -0.2) is 4.98 Å². The van der Waals surface area contributed by atoms with Crippen molar-refractivity contribution in [3.63, 3.8) is 0 Å². The lowest BCUT2D eigenvalue weighted by molar-refractivity contribution is 0.769. The standard InChI is InChI=1S/C23H22N4/c1-15-14-20-23(18-7-5-13-24-22(15)18)26-21(27(20)2)12-11-17-10-9-16-6-3-4-8-19(16)25-17/h3,5-7,9-10,13-14H,4,8,11-12H2,1-2H3. The Labute approximate surface area is 158 Å². The summed E-state index contributed by atoms with van der Waals surface area (Å²) >= 11 is 0. The second-order valence-corrected chi connectivity index (χ2v) is 7.33. The van der Waals surface area contributed by atoms with Crippen LogP contribution in [0.25, 0.3) is 28.0 Å². The second-order valence-electron chi connectivity index (χ2n) is 7.33. The molecular weight excluding hydrogens is 332 g/mol. The number of fused-ring (bicyclic) bond motifs is 4. The summed E-state index contributed by atoms with van der Waals surface area (Å²) in [6, 6.07) is 10.7. The van der Waals surface area contributed by atoms with Gasteiger partial charge in [-0.05, 0) is 61.6 Å². The molecule has 0 fully saturated rings. The maximum Gasteiger partial charge on any atom is 0.110 e. The predicted molar refractivity (Wildman–Crippen MR) is 110 cm³/mol. The van der Waals surface area contributed by atoms with Crippen molar-refractivity contribution in [2.24, 2.45) is 7.05 Å². The van der Waals surface area contributed by atoms with E-state index >= 15 is 0 Å². The van der Waals surface area contributed by atoms with Crippen molar-refractivity contribution in [3.8, 4) is 0 Å². The monoisotopic (exact) mass is 354 g/mol. The van der Waals surface area contributed by atoms with Crippen LogP contribution in [-0.2, 0) is 26.3 Å². The van der Waals surface area contributed by atoms with Crippen molar-refractivity contribution in [1.29, 1.82) is 0 Å². The molecule has 1 aliphatic rings. The summed E-state index contributed by atoms with van der Waals surface area (Å²) in [5.41, 5.74) is 8.10. The van der Waals surface area contributed by atoms with E-state index in [-0.39, 0.29) is 0 Å². The molecule has 3 aromatic heterocycles. The van der Waals surface area contributed by atoms with E-state index in [0.717, 1.165) is 53.6 Å². The van der Waals surface area contributed by atoms with Crippen LogP contribution in [0.5, 0.6) is 0 Å². The van der Waals surface area contributed by atoms with Crippen molar-refractivity contribution in [2.75, 3.05) is 0 Å². The molecule has 27 heavy (non-hydrogen) atoms. The van der Waals surface area contributed by atoms with Crippen LogP contribution in [0.15, 0.2) is 42.6 Å². The van der Waals surface area contributed by atoms with Gasteiger partial charge in [0.25, 0.3) is 0 Å². The molecule has 4 aromatic rings. The summed E-state index contributed by atoms with van der Waals surface area (Å²) in [6.07, 6.45) is 10.2. The zero-order valence-corrected chi connectivity index (χ0v) is 15.7. The van der Waals surface area contributed by atoms with Crippen LogP contribution < -0.4 is 0 Å². The lowest BCUT2D eigenvalue weighted by Gasteiger charge is -2.11. The number of rotatable bonds is 3. The quantitative estimate of drug-likeness (QED) is 0.541. The van der Waals surface area contributed by atoms with Crippen LogP contribution in [0.3, 0.4) is 0 Å². The topological polar surface area (TPSA) is 43.6 Å². The molecule has 3 heterocycles. The van der Waals surface area contributed by atoms with E-state index in [1.807, 2.05) is 12.3 Å². The molecule has 0 saturated carbocycles. The number of aryl methyl sites for hydroxylation is 5. The second kappa shape index (κ2) is 6.31. The van der Waals surface area contributed by atoms with Crippen molar-refractivity contribution in [3.05, 3.63) is 70.9 Å². The molecule has 0 amide bonds. The number of hydrogen-bond acceptors (Lipinski definition) is 3. The third-order valence-electron chi connectivity index (χ3n) is 5.54. The third kappa shape index (κ3) is 2.72. The van der Waals surface area contributed by atoms with Crippen molar-refractivity contribution in [1.82, 2.24) is 19.5 Å². The van der Waals surface area contributed by atoms with E-state index in [2.05, 4.69) is 59.9 Å². The van der Waals surface area contributed by atoms with Crippen molar-refractivity contribution >= 4 is 28.0 Å². The van der Waals surface area contributed by atoms with Gasteiger partial charge in [-0.1, -0.05) is 18.2 Å². The molecule has 0 atom stereocenters. The van der Waals surface area contributed by atoms with Gasteiger partial charge in [0, 0.05) is 36.4 Å². The molecule has 0 radical (unpaired) electrons. The highest BCUT2D eigenvalue weighted by atomic mass is 15.1. The average molecular weight is 354 g/mol. The van der Waals surface area contributed by atoms with E-state index in [1.54, 1.807) is 0 Å². The summed E-state index contributed by atoms with van der Waals surface area (Å²) in [4.78, 5) is 14.4. The third-order valence-corrected chi connectivity index (χ3v) is 5.54. The largest absolute Gasteiger partial charge is 0.331 e. The molecule has 1 aliphatic carbocycles. The van der Waals surface area contributed by atoms with Gasteiger partial charge >= 0.3 is 0 Å². The minimum Gasteiger partial charge on any atom is -0.331 e. The van der Waals surface area contributed by atoms with Crippen LogP contribution in [0.4, 0.5) is 0 Å². The maximum absolute atomic E-state index is 4.97. The molecule has 5 rings (SSSR count). The number of aromatic nitrogens is 4. The minimum atomic E-state index is 0.883. The fourth-order valence-corrected chi connectivity index (χ4v) is 4.05. The molecule has 134 valence electrons. The zero-order valence-electron chi connectivity index (χ0n) is 15.7. The molecule has 0 unspecified atom stereocenters. The maximum atomic E-state index is 4.97. The SMILES string of the molecule is Cc1cc2c(nc(CCc3ccc4c(n3)CCC=C4)n2C)c2cccnc12. The van der Waals surface area contributed by atoms with E-state index in [4.69, 9.17) is 9.97 Å². The fraction of sp³-hybridized carbons (Fsp3) is 0.261. The van der Waals surface area contributed by atoms with E-state index in [9.17, 15) is 0 Å². The Morgan fingerprint density at radius 1 is 1.07 bits per heavy atom. The molecule has 0 N–H and O–H groups in total. The van der Waals surface area contributed by atoms with Crippen LogP contribution in [0, 0.1) is 6.92 Å². The van der Waals surface area contributed by atoms with Gasteiger partial charge in [0.15, 0.2) is 0 Å². The number of allylic oxidation sites excluding steroid dienone is 1. The van der Waals surface area contributed by atoms with Gasteiger partial charge in [0.1, 0.15) is 5.82 Å². The Morgan fingerprint density at radius 3 is 2.93 bits per heavy atom. The number of hydrogen-bond donors (Lipinski definition) is 0. The Morgan fingerprint density at radius 2 is 2.00 bits per heavy atom. The highest BCUT2D eigenvalue weighted by Crippen LogP contribution is 2.27. The van der Waals surface area contributed by atoms with Crippen molar-refractivity contribution < 1.29 is 0 Å². The summed E-state index contributed by atoms with van der Waals surface area (Å²) in [5, 5.41) is 1.13. The van der Waals surface area contributed by atoms with E-state index in [0.29, 0.717) is 0 Å². The van der Waals surface area contributed by atoms with Crippen LogP contribution >= 0.6 is 0 Å². The van der Waals surface area contributed by atoms with Gasteiger partial charge in [0.05, 0.1) is 16.6 Å².